The average molecular weight is 501 g/mol. The van der Waals surface area contributed by atoms with Crippen molar-refractivity contribution in [1.82, 2.24) is 0 Å². The van der Waals surface area contributed by atoms with Gasteiger partial charge in [0.25, 0.3) is 5.91 Å². The number of benzene rings is 3. The van der Waals surface area contributed by atoms with Gasteiger partial charge in [0.2, 0.25) is 0 Å². The number of rotatable bonds is 6. The third-order valence-electron chi connectivity index (χ3n) is 4.63. The number of hydrogen-bond donors (Lipinski definition) is 3. The lowest BCUT2D eigenvalue weighted by Gasteiger charge is -2.20. The fourth-order valence-corrected chi connectivity index (χ4v) is 3.43. The summed E-state index contributed by atoms with van der Waals surface area (Å²) in [5.41, 5.74) is 0.526. The summed E-state index contributed by atoms with van der Waals surface area (Å²) in [6.07, 6.45) is 0. The molecule has 8 nitrogen and oxygen atoms in total. The first-order chi connectivity index (χ1) is 16.3. The predicted octanol–water partition coefficient (Wildman–Crippen LogP) is 5.50. The van der Waals surface area contributed by atoms with E-state index in [0.717, 1.165) is 4.31 Å². The van der Waals surface area contributed by atoms with Crippen molar-refractivity contribution >= 4 is 53.4 Å². The van der Waals surface area contributed by atoms with Crippen LogP contribution in [0.4, 0.5) is 26.2 Å². The summed E-state index contributed by atoms with van der Waals surface area (Å²) in [6, 6.07) is 13.9. The molecule has 3 amide bonds. The highest BCUT2D eigenvalue weighted by Crippen LogP contribution is 2.36. The number of urea groups is 1. The van der Waals surface area contributed by atoms with Crippen molar-refractivity contribution in [2.75, 3.05) is 29.2 Å². The zero-order valence-corrected chi connectivity index (χ0v) is 19.6. The molecule has 2 N–H and O–H groups in total. The van der Waals surface area contributed by atoms with Crippen LogP contribution in [0.5, 0.6) is 11.5 Å². The van der Waals surface area contributed by atoms with Gasteiger partial charge in [-0.1, -0.05) is 36.5 Å². The van der Waals surface area contributed by atoms with E-state index in [1.807, 2.05) is 6.07 Å². The summed E-state index contributed by atoms with van der Waals surface area (Å²) in [5, 5.41) is 14.9. The molecule has 0 heterocycles. The standard InChI is InChI=1S/C23H18ClFN4O4S/c1-32-20-11-21(33-2)18(10-16(20)24)28-23(31)29(34)19-8-7-14(9-13(19)12-26)27-22(30)15-5-3-4-6-17(15)25/h3-11,34H,1-2H3,(H,27,30)(H,28,31). The second kappa shape index (κ2) is 10.8. The molecule has 0 aromatic heterocycles. The van der Waals surface area contributed by atoms with Crippen LogP contribution < -0.4 is 24.4 Å². The molecule has 0 saturated carbocycles. The lowest BCUT2D eigenvalue weighted by Crippen LogP contribution is -2.27. The van der Waals surface area contributed by atoms with Crippen molar-refractivity contribution in [2.24, 2.45) is 0 Å². The Balaban J connectivity index is 1.81. The maximum absolute atomic E-state index is 13.8. The molecule has 3 rings (SSSR count). The summed E-state index contributed by atoms with van der Waals surface area (Å²) in [7, 11) is 2.86. The van der Waals surface area contributed by atoms with Gasteiger partial charge >= 0.3 is 6.03 Å². The molecule has 0 spiro atoms. The van der Waals surface area contributed by atoms with Crippen LogP contribution >= 0.6 is 24.4 Å². The Morgan fingerprint density at radius 3 is 2.41 bits per heavy atom. The minimum absolute atomic E-state index is 0.0382. The quantitative estimate of drug-likeness (QED) is 0.387. The molecule has 0 saturated heterocycles. The first kappa shape index (κ1) is 24.7. The van der Waals surface area contributed by atoms with Gasteiger partial charge in [-0.25, -0.2) is 13.5 Å². The predicted molar refractivity (Wildman–Crippen MR) is 131 cm³/mol. The van der Waals surface area contributed by atoms with E-state index in [0.29, 0.717) is 11.5 Å². The minimum atomic E-state index is -0.706. The van der Waals surface area contributed by atoms with E-state index < -0.39 is 17.8 Å². The van der Waals surface area contributed by atoms with Crippen LogP contribution in [0, 0.1) is 17.1 Å². The number of nitriles is 1. The first-order valence-corrected chi connectivity index (χ1v) is 10.4. The van der Waals surface area contributed by atoms with Crippen molar-refractivity contribution in [1.29, 1.82) is 5.26 Å². The van der Waals surface area contributed by atoms with Gasteiger partial charge in [-0.15, -0.1) is 0 Å². The van der Waals surface area contributed by atoms with E-state index in [-0.39, 0.29) is 33.2 Å². The van der Waals surface area contributed by atoms with E-state index in [9.17, 15) is 19.2 Å². The Labute approximate surface area is 205 Å². The second-order valence-corrected chi connectivity index (χ2v) is 7.51. The van der Waals surface area contributed by atoms with E-state index in [4.69, 9.17) is 21.1 Å². The summed E-state index contributed by atoms with van der Waals surface area (Å²) in [4.78, 5) is 25.1. The van der Waals surface area contributed by atoms with Gasteiger partial charge in [0.1, 0.15) is 23.4 Å². The summed E-state index contributed by atoms with van der Waals surface area (Å²) >= 11 is 10.3. The summed E-state index contributed by atoms with van der Waals surface area (Å²) < 4.78 is 25.2. The van der Waals surface area contributed by atoms with Crippen LogP contribution in [0.3, 0.4) is 0 Å². The van der Waals surface area contributed by atoms with Gasteiger partial charge in [-0.05, 0) is 36.4 Å². The SMILES string of the molecule is COc1cc(OC)c(NC(=O)N(S)c2ccc(NC(=O)c3ccccc3F)cc2C#N)cc1Cl. The van der Waals surface area contributed by atoms with Gasteiger partial charge in [-0.3, -0.25) is 4.79 Å². The number of carbonyl (C=O) groups excluding carboxylic acids is 2. The van der Waals surface area contributed by atoms with Crippen molar-refractivity contribution in [3.63, 3.8) is 0 Å². The summed E-state index contributed by atoms with van der Waals surface area (Å²) in [5.74, 6) is -0.704. The zero-order valence-electron chi connectivity index (χ0n) is 17.9. The molecule has 0 fully saturated rings. The summed E-state index contributed by atoms with van der Waals surface area (Å²) in [6.45, 7) is 0. The van der Waals surface area contributed by atoms with Gasteiger partial charge in [0, 0.05) is 11.8 Å². The van der Waals surface area contributed by atoms with Crippen molar-refractivity contribution < 1.29 is 23.5 Å². The Kier molecular flexibility index (Phi) is 7.83. The third kappa shape index (κ3) is 5.33. The molecule has 0 radical (unpaired) electrons. The lowest BCUT2D eigenvalue weighted by atomic mass is 10.1. The minimum Gasteiger partial charge on any atom is -0.495 e. The molecule has 34 heavy (non-hydrogen) atoms. The number of methoxy groups -OCH3 is 2. The van der Waals surface area contributed by atoms with Gasteiger partial charge in [0.05, 0.1) is 41.7 Å². The fourth-order valence-electron chi connectivity index (χ4n) is 2.97. The van der Waals surface area contributed by atoms with Gasteiger partial charge in [0.15, 0.2) is 0 Å². The van der Waals surface area contributed by atoms with Crippen molar-refractivity contribution in [3.05, 3.63) is 76.6 Å². The Morgan fingerprint density at radius 1 is 1.06 bits per heavy atom. The highest BCUT2D eigenvalue weighted by molar-refractivity contribution is 7.82. The molecule has 0 aliphatic carbocycles. The van der Waals surface area contributed by atoms with Crippen LogP contribution in [0.25, 0.3) is 0 Å². The molecule has 3 aromatic carbocycles. The maximum atomic E-state index is 13.8. The van der Waals surface area contributed by atoms with Crippen LogP contribution in [0.15, 0.2) is 54.6 Å². The number of carbonyl (C=O) groups is 2. The molecule has 174 valence electrons. The lowest BCUT2D eigenvalue weighted by molar-refractivity contribution is 0.102. The van der Waals surface area contributed by atoms with Gasteiger partial charge < -0.3 is 20.1 Å². The monoisotopic (exact) mass is 500 g/mol. The smallest absolute Gasteiger partial charge is 0.336 e. The Bertz CT molecular complexity index is 1300. The number of nitrogens with one attached hydrogen (secondary N) is 2. The molecule has 0 bridgehead atoms. The largest absolute Gasteiger partial charge is 0.495 e. The molecular weight excluding hydrogens is 483 g/mol. The number of halogens is 2. The normalized spacial score (nSPS) is 10.1. The maximum Gasteiger partial charge on any atom is 0.336 e. The molecule has 0 aliphatic rings. The highest BCUT2D eigenvalue weighted by Gasteiger charge is 2.20. The van der Waals surface area contributed by atoms with E-state index >= 15 is 0 Å². The Hall–Kier alpha value is -3.94. The van der Waals surface area contributed by atoms with Crippen LogP contribution in [-0.2, 0) is 0 Å². The number of thiol groups is 1. The van der Waals surface area contributed by atoms with E-state index in [1.165, 1.54) is 68.8 Å². The fraction of sp³-hybridized carbons (Fsp3) is 0.0870. The Morgan fingerprint density at radius 2 is 1.76 bits per heavy atom. The molecule has 0 aliphatic heterocycles. The first-order valence-electron chi connectivity index (χ1n) is 9.60. The topological polar surface area (TPSA) is 104 Å². The second-order valence-electron chi connectivity index (χ2n) is 6.71. The number of hydrogen-bond acceptors (Lipinski definition) is 6. The number of anilines is 3. The van der Waals surface area contributed by atoms with Crippen LogP contribution in [0.2, 0.25) is 5.02 Å². The van der Waals surface area contributed by atoms with Crippen molar-refractivity contribution in [2.45, 2.75) is 0 Å². The molecule has 11 heteroatoms. The molecular formula is C23H18ClFN4O4S. The number of nitrogens with zero attached hydrogens (tertiary/aromatic N) is 2. The number of ether oxygens (including phenoxy) is 2. The molecule has 0 atom stereocenters. The van der Waals surface area contributed by atoms with Crippen molar-refractivity contribution in [3.8, 4) is 17.6 Å². The van der Waals surface area contributed by atoms with Crippen LogP contribution in [0.1, 0.15) is 15.9 Å². The average Bonchev–Trinajstić information content (AvgIpc) is 2.83. The number of amides is 3. The third-order valence-corrected chi connectivity index (χ3v) is 5.32. The van der Waals surface area contributed by atoms with E-state index in [2.05, 4.69) is 23.4 Å². The van der Waals surface area contributed by atoms with Crippen LogP contribution in [-0.4, -0.2) is 26.2 Å². The molecule has 3 aromatic rings. The molecule has 0 unspecified atom stereocenters. The van der Waals surface area contributed by atoms with E-state index in [1.54, 1.807) is 0 Å². The zero-order chi connectivity index (χ0) is 24.8. The highest BCUT2D eigenvalue weighted by atomic mass is 35.5. The van der Waals surface area contributed by atoms with Gasteiger partial charge in [-0.2, -0.15) is 5.26 Å².